The van der Waals surface area contributed by atoms with Crippen LogP contribution in [0.2, 0.25) is 0 Å². The van der Waals surface area contributed by atoms with E-state index in [2.05, 4.69) is 24.8 Å². The Labute approximate surface area is 112 Å². The van der Waals surface area contributed by atoms with E-state index in [1.807, 2.05) is 12.3 Å². The van der Waals surface area contributed by atoms with Crippen LogP contribution in [0.3, 0.4) is 0 Å². The van der Waals surface area contributed by atoms with Crippen LogP contribution in [0, 0.1) is 0 Å². The number of rotatable bonds is 4. The Morgan fingerprint density at radius 1 is 1.26 bits per heavy atom. The van der Waals surface area contributed by atoms with Crippen molar-refractivity contribution in [2.45, 2.75) is 0 Å². The number of methoxy groups -OCH3 is 1. The number of aromatic nitrogens is 3. The van der Waals surface area contributed by atoms with Crippen molar-refractivity contribution in [2.75, 3.05) is 51.3 Å². The summed E-state index contributed by atoms with van der Waals surface area (Å²) >= 11 is 0. The molecule has 0 amide bonds. The number of ether oxygens (including phenoxy) is 1. The summed E-state index contributed by atoms with van der Waals surface area (Å²) in [6.07, 6.45) is 3.56. The highest BCUT2D eigenvalue weighted by Crippen LogP contribution is 2.21. The molecular weight excluding hydrogens is 242 g/mol. The molecule has 3 rings (SSSR count). The van der Waals surface area contributed by atoms with E-state index in [0.29, 0.717) is 0 Å². The van der Waals surface area contributed by atoms with E-state index in [0.717, 1.165) is 56.2 Å². The molecule has 2 aromatic rings. The van der Waals surface area contributed by atoms with E-state index in [9.17, 15) is 0 Å². The van der Waals surface area contributed by atoms with Crippen molar-refractivity contribution >= 4 is 16.9 Å². The van der Waals surface area contributed by atoms with E-state index >= 15 is 0 Å². The van der Waals surface area contributed by atoms with E-state index in [1.165, 1.54) is 0 Å². The van der Waals surface area contributed by atoms with Crippen LogP contribution in [-0.2, 0) is 4.74 Å². The molecular formula is C13H19N5O. The summed E-state index contributed by atoms with van der Waals surface area (Å²) in [5.74, 6) is 1.02. The van der Waals surface area contributed by atoms with Gasteiger partial charge in [-0.3, -0.25) is 4.90 Å². The van der Waals surface area contributed by atoms with Gasteiger partial charge in [-0.15, -0.1) is 0 Å². The van der Waals surface area contributed by atoms with Crippen molar-refractivity contribution in [3.63, 3.8) is 0 Å². The number of piperazine rings is 1. The van der Waals surface area contributed by atoms with Crippen LogP contribution in [-0.4, -0.2) is 66.3 Å². The van der Waals surface area contributed by atoms with Gasteiger partial charge in [0.15, 0.2) is 5.82 Å². The molecule has 1 saturated heterocycles. The minimum atomic E-state index is 0.800. The van der Waals surface area contributed by atoms with Gasteiger partial charge >= 0.3 is 0 Å². The maximum Gasteiger partial charge on any atom is 0.156 e. The maximum atomic E-state index is 5.12. The maximum absolute atomic E-state index is 5.12. The van der Waals surface area contributed by atoms with Gasteiger partial charge in [-0.2, -0.15) is 0 Å². The number of hydrogen-bond donors (Lipinski definition) is 1. The van der Waals surface area contributed by atoms with Gasteiger partial charge in [-0.05, 0) is 6.07 Å². The minimum absolute atomic E-state index is 0.800. The molecule has 0 aromatic carbocycles. The highest BCUT2D eigenvalue weighted by Gasteiger charge is 2.19. The average Bonchev–Trinajstić information content (AvgIpc) is 2.94. The van der Waals surface area contributed by atoms with Crippen molar-refractivity contribution in [3.8, 4) is 0 Å². The van der Waals surface area contributed by atoms with Gasteiger partial charge < -0.3 is 14.6 Å². The summed E-state index contributed by atoms with van der Waals surface area (Å²) in [6.45, 7) is 5.90. The second-order valence-corrected chi connectivity index (χ2v) is 4.76. The Bertz CT molecular complexity index is 533. The van der Waals surface area contributed by atoms with Crippen LogP contribution in [0.25, 0.3) is 11.0 Å². The fourth-order valence-corrected chi connectivity index (χ4v) is 2.50. The van der Waals surface area contributed by atoms with E-state index in [1.54, 1.807) is 13.4 Å². The largest absolute Gasteiger partial charge is 0.383 e. The summed E-state index contributed by atoms with van der Waals surface area (Å²) in [5.41, 5.74) is 2.01. The molecule has 19 heavy (non-hydrogen) atoms. The molecule has 0 unspecified atom stereocenters. The zero-order chi connectivity index (χ0) is 13.1. The summed E-state index contributed by atoms with van der Waals surface area (Å²) in [7, 11) is 1.75. The van der Waals surface area contributed by atoms with Gasteiger partial charge in [0.1, 0.15) is 11.8 Å². The zero-order valence-corrected chi connectivity index (χ0v) is 11.2. The molecule has 0 radical (unpaired) electrons. The van der Waals surface area contributed by atoms with Crippen molar-refractivity contribution < 1.29 is 4.74 Å². The van der Waals surface area contributed by atoms with Crippen molar-refractivity contribution in [2.24, 2.45) is 0 Å². The standard InChI is InChI=1S/C13H19N5O/c1-19-9-8-17-4-6-18(7-5-17)13-12-11(2-3-14-12)15-10-16-13/h2-3,10,14H,4-9H2,1H3. The second kappa shape index (κ2) is 5.54. The number of aromatic amines is 1. The van der Waals surface area contributed by atoms with Crippen molar-refractivity contribution in [1.82, 2.24) is 19.9 Å². The van der Waals surface area contributed by atoms with Crippen molar-refractivity contribution in [1.29, 1.82) is 0 Å². The molecule has 0 aliphatic carbocycles. The molecule has 0 spiro atoms. The third kappa shape index (κ3) is 2.54. The lowest BCUT2D eigenvalue weighted by Gasteiger charge is -2.35. The lowest BCUT2D eigenvalue weighted by atomic mass is 10.3. The Balaban J connectivity index is 1.69. The molecule has 0 atom stereocenters. The molecule has 6 heteroatoms. The first-order valence-electron chi connectivity index (χ1n) is 6.63. The average molecular weight is 261 g/mol. The molecule has 1 aliphatic rings. The van der Waals surface area contributed by atoms with Gasteiger partial charge in [0.2, 0.25) is 0 Å². The zero-order valence-electron chi connectivity index (χ0n) is 11.2. The summed E-state index contributed by atoms with van der Waals surface area (Å²) in [4.78, 5) is 16.7. The normalized spacial score (nSPS) is 17.2. The van der Waals surface area contributed by atoms with Gasteiger partial charge in [0.05, 0.1) is 12.1 Å². The number of nitrogens with one attached hydrogen (secondary N) is 1. The van der Waals surface area contributed by atoms with E-state index < -0.39 is 0 Å². The van der Waals surface area contributed by atoms with Crippen LogP contribution in [0.4, 0.5) is 5.82 Å². The summed E-state index contributed by atoms with van der Waals surface area (Å²) in [6, 6.07) is 1.98. The van der Waals surface area contributed by atoms with E-state index in [-0.39, 0.29) is 0 Å². The van der Waals surface area contributed by atoms with Crippen LogP contribution in [0.15, 0.2) is 18.6 Å². The minimum Gasteiger partial charge on any atom is -0.383 e. The molecule has 102 valence electrons. The van der Waals surface area contributed by atoms with Gasteiger partial charge in [-0.25, -0.2) is 9.97 Å². The molecule has 1 N–H and O–H groups in total. The number of hydrogen-bond acceptors (Lipinski definition) is 5. The lowest BCUT2D eigenvalue weighted by Crippen LogP contribution is -2.47. The summed E-state index contributed by atoms with van der Waals surface area (Å²) in [5, 5.41) is 0. The lowest BCUT2D eigenvalue weighted by molar-refractivity contribution is 0.144. The van der Waals surface area contributed by atoms with Crippen LogP contribution in [0.1, 0.15) is 0 Å². The molecule has 0 bridgehead atoms. The Morgan fingerprint density at radius 3 is 2.89 bits per heavy atom. The molecule has 0 saturated carbocycles. The fourth-order valence-electron chi connectivity index (χ4n) is 2.50. The predicted octanol–water partition coefficient (Wildman–Crippen LogP) is 0.726. The topological polar surface area (TPSA) is 57.3 Å². The van der Waals surface area contributed by atoms with Gasteiger partial charge in [0, 0.05) is 46.0 Å². The van der Waals surface area contributed by atoms with Crippen LogP contribution >= 0.6 is 0 Å². The molecule has 6 nitrogen and oxygen atoms in total. The Hall–Kier alpha value is -1.66. The van der Waals surface area contributed by atoms with E-state index in [4.69, 9.17) is 4.74 Å². The second-order valence-electron chi connectivity index (χ2n) is 4.76. The van der Waals surface area contributed by atoms with Gasteiger partial charge in [-0.1, -0.05) is 0 Å². The van der Waals surface area contributed by atoms with Crippen molar-refractivity contribution in [3.05, 3.63) is 18.6 Å². The smallest absolute Gasteiger partial charge is 0.156 e. The Kier molecular flexibility index (Phi) is 3.61. The third-order valence-corrected chi connectivity index (χ3v) is 3.61. The number of nitrogens with zero attached hydrogens (tertiary/aromatic N) is 4. The summed E-state index contributed by atoms with van der Waals surface area (Å²) < 4.78 is 5.12. The highest BCUT2D eigenvalue weighted by atomic mass is 16.5. The molecule has 2 aromatic heterocycles. The molecule has 1 fully saturated rings. The fraction of sp³-hybridized carbons (Fsp3) is 0.538. The molecule has 1 aliphatic heterocycles. The quantitative estimate of drug-likeness (QED) is 0.879. The first kappa shape index (κ1) is 12.4. The van der Waals surface area contributed by atoms with Crippen LogP contribution in [0.5, 0.6) is 0 Å². The SMILES string of the molecule is COCCN1CCN(c2ncnc3cc[nH]c23)CC1. The third-order valence-electron chi connectivity index (χ3n) is 3.61. The van der Waals surface area contributed by atoms with Crippen LogP contribution < -0.4 is 4.90 Å². The monoisotopic (exact) mass is 261 g/mol. The number of fused-ring (bicyclic) bond motifs is 1. The highest BCUT2D eigenvalue weighted by molar-refractivity contribution is 5.85. The van der Waals surface area contributed by atoms with Gasteiger partial charge in [0.25, 0.3) is 0 Å². The number of H-pyrrole nitrogens is 1. The molecule has 3 heterocycles. The Morgan fingerprint density at radius 2 is 2.11 bits per heavy atom. The first-order chi connectivity index (χ1) is 9.38. The predicted molar refractivity (Wildman–Crippen MR) is 74.4 cm³/mol. The first-order valence-corrected chi connectivity index (χ1v) is 6.63. The number of anilines is 1.